The molecule has 0 bridgehead atoms. The van der Waals surface area contributed by atoms with E-state index in [2.05, 4.69) is 4.74 Å². The van der Waals surface area contributed by atoms with Crippen molar-refractivity contribution in [2.75, 3.05) is 0 Å². The molecule has 1 aromatic carbocycles. The Hall–Kier alpha value is -1.61. The van der Waals surface area contributed by atoms with Gasteiger partial charge in [0.05, 0.1) is 10.1 Å². The minimum absolute atomic E-state index is 0.0723. The van der Waals surface area contributed by atoms with Crippen LogP contribution in [0.4, 0.5) is 13.2 Å². The van der Waals surface area contributed by atoms with E-state index in [9.17, 15) is 26.4 Å². The average Bonchev–Trinajstić information content (AvgIpc) is 2.59. The van der Waals surface area contributed by atoms with Crippen molar-refractivity contribution in [2.24, 2.45) is 17.6 Å². The van der Waals surface area contributed by atoms with Gasteiger partial charge in [0.15, 0.2) is 9.84 Å². The molecule has 0 heterocycles. The summed E-state index contributed by atoms with van der Waals surface area (Å²) in [6, 6.07) is 4.41. The maximum atomic E-state index is 12.7. The Labute approximate surface area is 168 Å². The summed E-state index contributed by atoms with van der Waals surface area (Å²) in [5, 5.41) is -0.638. The predicted octanol–water partition coefficient (Wildman–Crippen LogP) is 4.00. The Morgan fingerprint density at radius 3 is 2.52 bits per heavy atom. The number of halogens is 3. The first kappa shape index (κ1) is 22.1. The first-order valence-corrected chi connectivity index (χ1v) is 11.5. The van der Waals surface area contributed by atoms with Crippen LogP contribution in [0.2, 0.25) is 0 Å². The zero-order valence-electron chi connectivity index (χ0n) is 16.0. The number of ether oxygens (including phenoxy) is 1. The van der Waals surface area contributed by atoms with Gasteiger partial charge in [-0.3, -0.25) is 4.79 Å². The summed E-state index contributed by atoms with van der Waals surface area (Å²) >= 11 is 0. The van der Waals surface area contributed by atoms with E-state index in [4.69, 9.17) is 5.73 Å². The molecule has 2 N–H and O–H groups in total. The molecule has 9 heteroatoms. The topological polar surface area (TPSA) is 86.5 Å². The smallest absolute Gasteiger partial charge is 0.406 e. The molecule has 2 aliphatic rings. The molecular weight excluding hydrogens is 407 g/mol. The number of benzene rings is 1. The quantitative estimate of drug-likeness (QED) is 0.702. The molecule has 29 heavy (non-hydrogen) atoms. The van der Waals surface area contributed by atoms with Crippen molar-refractivity contribution in [3.63, 3.8) is 0 Å². The van der Waals surface area contributed by atoms with Crippen LogP contribution in [0.5, 0.6) is 5.75 Å². The van der Waals surface area contributed by atoms with Crippen molar-refractivity contribution in [1.29, 1.82) is 0 Å². The molecule has 5 nitrogen and oxygen atoms in total. The zero-order valence-corrected chi connectivity index (χ0v) is 16.8. The molecule has 2 aliphatic carbocycles. The van der Waals surface area contributed by atoms with Gasteiger partial charge in [-0.25, -0.2) is 8.42 Å². The maximum absolute atomic E-state index is 12.7. The predicted molar refractivity (Wildman–Crippen MR) is 101 cm³/mol. The summed E-state index contributed by atoms with van der Waals surface area (Å²) in [7, 11) is -3.73. The van der Waals surface area contributed by atoms with Crippen LogP contribution in [0, 0.1) is 11.8 Å². The highest BCUT2D eigenvalue weighted by Crippen LogP contribution is 2.40. The number of rotatable bonds is 7. The van der Waals surface area contributed by atoms with E-state index in [1.54, 1.807) is 0 Å². The monoisotopic (exact) mass is 433 g/mol. The lowest BCUT2D eigenvalue weighted by Gasteiger charge is -2.35. The lowest BCUT2D eigenvalue weighted by molar-refractivity contribution is -0.274. The fourth-order valence-corrected chi connectivity index (χ4v) is 6.28. The number of hydrogen-bond acceptors (Lipinski definition) is 5. The summed E-state index contributed by atoms with van der Waals surface area (Å²) in [5.41, 5.74) is 6.05. The van der Waals surface area contributed by atoms with Crippen LogP contribution in [-0.4, -0.2) is 31.9 Å². The SMILES string of the molecule is N[C@@H]1CCCC[C@@H]1C(=O)CCC1CC(S(=O)(=O)c2cccc(OC(F)(F)F)c2)C1. The van der Waals surface area contributed by atoms with Crippen LogP contribution in [0.15, 0.2) is 29.2 Å². The van der Waals surface area contributed by atoms with Crippen LogP contribution in [0.25, 0.3) is 0 Å². The van der Waals surface area contributed by atoms with Gasteiger partial charge >= 0.3 is 6.36 Å². The third-order valence-electron chi connectivity index (χ3n) is 6.03. The van der Waals surface area contributed by atoms with Gasteiger partial charge in [-0.15, -0.1) is 13.2 Å². The first-order valence-electron chi connectivity index (χ1n) is 9.94. The van der Waals surface area contributed by atoms with E-state index in [1.807, 2.05) is 0 Å². The minimum atomic E-state index is -4.88. The number of hydrogen-bond donors (Lipinski definition) is 1. The molecule has 0 saturated heterocycles. The number of carbonyl (C=O) groups excluding carboxylic acids is 1. The highest BCUT2D eigenvalue weighted by atomic mass is 32.2. The van der Waals surface area contributed by atoms with Gasteiger partial charge in [-0.2, -0.15) is 0 Å². The lowest BCUT2D eigenvalue weighted by atomic mass is 9.77. The van der Waals surface area contributed by atoms with Crippen molar-refractivity contribution in [3.05, 3.63) is 24.3 Å². The van der Waals surface area contributed by atoms with Gasteiger partial charge in [-0.1, -0.05) is 18.9 Å². The molecule has 0 aliphatic heterocycles. The number of Topliss-reactive ketones (excluding diaryl/α,β-unsaturated/α-hetero) is 1. The van der Waals surface area contributed by atoms with E-state index >= 15 is 0 Å². The summed E-state index contributed by atoms with van der Waals surface area (Å²) in [4.78, 5) is 12.2. The number of alkyl halides is 3. The Kier molecular flexibility index (Phi) is 6.57. The number of ketones is 1. The van der Waals surface area contributed by atoms with Gasteiger partial charge < -0.3 is 10.5 Å². The molecule has 162 valence electrons. The van der Waals surface area contributed by atoms with Crippen molar-refractivity contribution in [3.8, 4) is 5.75 Å². The van der Waals surface area contributed by atoms with Crippen molar-refractivity contribution in [2.45, 2.75) is 73.9 Å². The Bertz CT molecular complexity index is 834. The summed E-state index contributed by atoms with van der Waals surface area (Å²) in [5.74, 6) is -0.336. The average molecular weight is 433 g/mol. The standard InChI is InChI=1S/C20H26F3NO4S/c21-20(22,23)28-14-4-3-5-15(12-14)29(26,27)16-10-13(11-16)8-9-19(25)17-6-1-2-7-18(17)24/h3-5,12-13,16-18H,1-2,6-11,24H2/t13?,16?,17-,18+/m0/s1. The number of carbonyl (C=O) groups is 1. The molecule has 2 saturated carbocycles. The van der Waals surface area contributed by atoms with E-state index in [1.165, 1.54) is 12.1 Å². The number of nitrogens with two attached hydrogens (primary N) is 1. The molecule has 2 fully saturated rings. The Balaban J connectivity index is 1.52. The van der Waals surface area contributed by atoms with Gasteiger partial charge in [0.1, 0.15) is 11.5 Å². The molecule has 0 radical (unpaired) electrons. The largest absolute Gasteiger partial charge is 0.573 e. The van der Waals surface area contributed by atoms with Gasteiger partial charge in [-0.05, 0) is 56.2 Å². The van der Waals surface area contributed by atoms with E-state index in [-0.39, 0.29) is 28.6 Å². The van der Waals surface area contributed by atoms with E-state index in [0.717, 1.165) is 37.8 Å². The molecule has 1 aromatic rings. The van der Waals surface area contributed by atoms with Gasteiger partial charge in [0.2, 0.25) is 0 Å². The molecule has 0 aromatic heterocycles. The van der Waals surface area contributed by atoms with Gasteiger partial charge in [0.25, 0.3) is 0 Å². The highest BCUT2D eigenvalue weighted by molar-refractivity contribution is 7.92. The molecule has 0 unspecified atom stereocenters. The third kappa shape index (κ3) is 5.51. The fraction of sp³-hybridized carbons (Fsp3) is 0.650. The Morgan fingerprint density at radius 1 is 1.17 bits per heavy atom. The number of sulfone groups is 1. The highest BCUT2D eigenvalue weighted by Gasteiger charge is 2.40. The van der Waals surface area contributed by atoms with Crippen LogP contribution in [0.1, 0.15) is 51.4 Å². The van der Waals surface area contributed by atoms with Crippen molar-refractivity contribution >= 4 is 15.6 Å². The molecular formula is C20H26F3NO4S. The van der Waals surface area contributed by atoms with Crippen LogP contribution in [-0.2, 0) is 14.6 Å². The summed E-state index contributed by atoms with van der Waals surface area (Å²) in [6.45, 7) is 0. The second kappa shape index (κ2) is 8.63. The van der Waals surface area contributed by atoms with Crippen LogP contribution < -0.4 is 10.5 Å². The molecule has 0 spiro atoms. The van der Waals surface area contributed by atoms with Crippen molar-refractivity contribution in [1.82, 2.24) is 0 Å². The van der Waals surface area contributed by atoms with E-state index < -0.39 is 27.2 Å². The second-order valence-electron chi connectivity index (χ2n) is 8.09. The third-order valence-corrected chi connectivity index (χ3v) is 8.20. The normalized spacial score (nSPS) is 27.9. The van der Waals surface area contributed by atoms with Crippen LogP contribution >= 0.6 is 0 Å². The second-order valence-corrected chi connectivity index (χ2v) is 10.3. The molecule has 2 atom stereocenters. The first-order chi connectivity index (χ1) is 13.6. The zero-order chi connectivity index (χ0) is 21.2. The van der Waals surface area contributed by atoms with Gasteiger partial charge in [0, 0.05) is 18.4 Å². The minimum Gasteiger partial charge on any atom is -0.406 e. The molecule has 0 amide bonds. The Morgan fingerprint density at radius 2 is 1.86 bits per heavy atom. The summed E-state index contributed by atoms with van der Waals surface area (Å²) in [6.07, 6.45) is 0.767. The maximum Gasteiger partial charge on any atom is 0.573 e. The lowest BCUT2D eigenvalue weighted by Crippen LogP contribution is -2.39. The van der Waals surface area contributed by atoms with Crippen LogP contribution in [0.3, 0.4) is 0 Å². The molecule has 3 rings (SSSR count). The fourth-order valence-electron chi connectivity index (χ4n) is 4.30. The van der Waals surface area contributed by atoms with E-state index in [0.29, 0.717) is 25.7 Å². The van der Waals surface area contributed by atoms with Crippen molar-refractivity contribution < 1.29 is 31.1 Å². The summed E-state index contributed by atoms with van der Waals surface area (Å²) < 4.78 is 66.3.